The van der Waals surface area contributed by atoms with E-state index in [2.05, 4.69) is 13.8 Å². The lowest BCUT2D eigenvalue weighted by molar-refractivity contribution is -0.137. The number of hydrogen-bond donors (Lipinski definition) is 1. The largest absolute Gasteiger partial charge is 0.480 e. The van der Waals surface area contributed by atoms with Crippen molar-refractivity contribution in [3.8, 4) is 0 Å². The van der Waals surface area contributed by atoms with Crippen molar-refractivity contribution in [2.24, 2.45) is 0 Å². The predicted octanol–water partition coefficient (Wildman–Crippen LogP) is 3.00. The molecule has 1 aromatic rings. The number of methoxy groups -OCH3 is 1. The number of hydrogen-bond acceptors (Lipinski definition) is 3. The minimum atomic E-state index is -0.843. The van der Waals surface area contributed by atoms with Crippen LogP contribution in [0.2, 0.25) is 0 Å². The molecule has 0 heterocycles. The zero-order chi connectivity index (χ0) is 12.8. The fraction of sp³-hybridized carbons (Fsp3) is 0.462. The Bertz CT molecular complexity index is 359. The Balaban J connectivity index is 2.70. The number of benzene rings is 1. The minimum Gasteiger partial charge on any atom is -0.480 e. The van der Waals surface area contributed by atoms with Gasteiger partial charge < -0.3 is 9.84 Å². The van der Waals surface area contributed by atoms with Crippen LogP contribution in [-0.2, 0) is 9.53 Å². The summed E-state index contributed by atoms with van der Waals surface area (Å²) in [4.78, 5) is 11.9. The highest BCUT2D eigenvalue weighted by atomic mass is 32.2. The van der Waals surface area contributed by atoms with Gasteiger partial charge in [-0.05, 0) is 23.6 Å². The Labute approximate surface area is 106 Å². The molecule has 4 heteroatoms. The summed E-state index contributed by atoms with van der Waals surface area (Å²) in [6, 6.07) is 8.01. The van der Waals surface area contributed by atoms with Crippen molar-refractivity contribution in [1.29, 1.82) is 0 Å². The monoisotopic (exact) mass is 254 g/mol. The summed E-state index contributed by atoms with van der Waals surface area (Å²) >= 11 is 1.32. The van der Waals surface area contributed by atoms with Gasteiger partial charge in [0.25, 0.3) is 0 Å². The van der Waals surface area contributed by atoms with E-state index in [1.807, 2.05) is 24.3 Å². The Morgan fingerprint density at radius 1 is 1.35 bits per heavy atom. The molecule has 0 amide bonds. The predicted molar refractivity (Wildman–Crippen MR) is 69.7 cm³/mol. The number of carboxylic acid groups (broad SMARTS) is 1. The van der Waals surface area contributed by atoms with E-state index in [0.717, 1.165) is 4.90 Å². The molecule has 1 atom stereocenters. The van der Waals surface area contributed by atoms with E-state index in [1.165, 1.54) is 24.4 Å². The fourth-order valence-electron chi connectivity index (χ4n) is 1.40. The minimum absolute atomic E-state index is 0.214. The first-order valence-corrected chi connectivity index (χ1v) is 6.41. The van der Waals surface area contributed by atoms with Crippen LogP contribution in [0.1, 0.15) is 25.3 Å². The Hall–Kier alpha value is -1.00. The summed E-state index contributed by atoms with van der Waals surface area (Å²) in [5, 5.41) is 8.46. The van der Waals surface area contributed by atoms with Gasteiger partial charge in [0.15, 0.2) is 0 Å². The van der Waals surface area contributed by atoms with Gasteiger partial charge in [0, 0.05) is 12.0 Å². The molecule has 1 rings (SSSR count). The van der Waals surface area contributed by atoms with E-state index in [1.54, 1.807) is 0 Å². The lowest BCUT2D eigenvalue weighted by Crippen LogP contribution is -2.21. The van der Waals surface area contributed by atoms with E-state index < -0.39 is 11.2 Å². The van der Waals surface area contributed by atoms with E-state index in [-0.39, 0.29) is 6.61 Å². The molecular weight excluding hydrogens is 236 g/mol. The third kappa shape index (κ3) is 4.40. The van der Waals surface area contributed by atoms with Crippen molar-refractivity contribution in [2.45, 2.75) is 29.9 Å². The van der Waals surface area contributed by atoms with Crippen molar-refractivity contribution in [2.75, 3.05) is 13.7 Å². The molecule has 0 aliphatic rings. The molecule has 3 nitrogen and oxygen atoms in total. The zero-order valence-electron chi connectivity index (χ0n) is 10.3. The summed E-state index contributed by atoms with van der Waals surface area (Å²) in [5.74, 6) is -0.354. The van der Waals surface area contributed by atoms with Gasteiger partial charge in [-0.2, -0.15) is 0 Å². The molecule has 0 bridgehead atoms. The molecule has 94 valence electrons. The molecule has 1 N–H and O–H groups in total. The van der Waals surface area contributed by atoms with Gasteiger partial charge in [0.05, 0.1) is 6.61 Å². The lowest BCUT2D eigenvalue weighted by Gasteiger charge is -2.11. The molecule has 0 aliphatic carbocycles. The molecule has 17 heavy (non-hydrogen) atoms. The van der Waals surface area contributed by atoms with Gasteiger partial charge in [-0.3, -0.25) is 4.79 Å². The van der Waals surface area contributed by atoms with Crippen LogP contribution >= 0.6 is 11.8 Å². The summed E-state index contributed by atoms with van der Waals surface area (Å²) in [6.45, 7) is 4.48. The molecule has 0 aliphatic heterocycles. The average molecular weight is 254 g/mol. The number of carboxylic acids is 1. The van der Waals surface area contributed by atoms with Crippen molar-refractivity contribution in [1.82, 2.24) is 0 Å². The summed E-state index contributed by atoms with van der Waals surface area (Å²) in [6.07, 6.45) is 0. The van der Waals surface area contributed by atoms with Crippen LogP contribution in [-0.4, -0.2) is 30.0 Å². The first kappa shape index (κ1) is 14.1. The molecule has 0 fully saturated rings. The topological polar surface area (TPSA) is 46.5 Å². The van der Waals surface area contributed by atoms with Gasteiger partial charge in [-0.1, -0.05) is 26.0 Å². The Kier molecular flexibility index (Phi) is 5.51. The maximum absolute atomic E-state index is 11.0. The normalized spacial score (nSPS) is 12.7. The molecule has 0 radical (unpaired) electrons. The highest BCUT2D eigenvalue weighted by Crippen LogP contribution is 2.25. The first-order valence-electron chi connectivity index (χ1n) is 5.53. The van der Waals surface area contributed by atoms with Gasteiger partial charge in [0.2, 0.25) is 0 Å². The molecule has 1 unspecified atom stereocenters. The second-order valence-corrected chi connectivity index (χ2v) is 5.40. The highest BCUT2D eigenvalue weighted by Gasteiger charge is 2.18. The van der Waals surface area contributed by atoms with Crippen molar-refractivity contribution < 1.29 is 14.6 Å². The van der Waals surface area contributed by atoms with Crippen LogP contribution in [0.5, 0.6) is 0 Å². The maximum Gasteiger partial charge on any atom is 0.319 e. The molecule has 0 saturated heterocycles. The number of thioether (sulfide) groups is 1. The van der Waals surface area contributed by atoms with Crippen LogP contribution in [0.3, 0.4) is 0 Å². The lowest BCUT2D eigenvalue weighted by atomic mass is 10.0. The van der Waals surface area contributed by atoms with E-state index in [9.17, 15) is 4.79 Å². The SMILES string of the molecule is COCC(Sc1ccc(C(C)C)cc1)C(=O)O. The van der Waals surface area contributed by atoms with Crippen LogP contribution in [0.25, 0.3) is 0 Å². The molecule has 1 aromatic carbocycles. The van der Waals surface area contributed by atoms with Crippen LogP contribution in [0, 0.1) is 0 Å². The van der Waals surface area contributed by atoms with E-state index in [4.69, 9.17) is 9.84 Å². The first-order chi connectivity index (χ1) is 8.04. The smallest absolute Gasteiger partial charge is 0.319 e. The summed E-state index contributed by atoms with van der Waals surface area (Å²) in [7, 11) is 1.51. The number of rotatable bonds is 6. The third-order valence-electron chi connectivity index (χ3n) is 2.42. The number of ether oxygens (including phenoxy) is 1. The molecular formula is C13H18O3S. The Morgan fingerprint density at radius 3 is 2.35 bits per heavy atom. The van der Waals surface area contributed by atoms with Gasteiger partial charge in [0.1, 0.15) is 5.25 Å². The van der Waals surface area contributed by atoms with Gasteiger partial charge in [-0.25, -0.2) is 0 Å². The second kappa shape index (κ2) is 6.67. The third-order valence-corrected chi connectivity index (χ3v) is 3.59. The number of carbonyl (C=O) groups is 1. The molecule has 0 spiro atoms. The standard InChI is InChI=1S/C13H18O3S/c1-9(2)10-4-6-11(7-5-10)17-12(8-16-3)13(14)15/h4-7,9,12H,8H2,1-3H3,(H,14,15). The van der Waals surface area contributed by atoms with Crippen LogP contribution < -0.4 is 0 Å². The van der Waals surface area contributed by atoms with E-state index in [0.29, 0.717) is 5.92 Å². The second-order valence-electron chi connectivity index (χ2n) is 4.12. The molecule has 0 aromatic heterocycles. The maximum atomic E-state index is 11.0. The van der Waals surface area contributed by atoms with Crippen LogP contribution in [0.4, 0.5) is 0 Å². The molecule has 0 saturated carbocycles. The van der Waals surface area contributed by atoms with Crippen LogP contribution in [0.15, 0.2) is 29.2 Å². The van der Waals surface area contributed by atoms with E-state index >= 15 is 0 Å². The highest BCUT2D eigenvalue weighted by molar-refractivity contribution is 8.00. The number of aliphatic carboxylic acids is 1. The summed E-state index contributed by atoms with van der Waals surface area (Å²) in [5.41, 5.74) is 1.26. The van der Waals surface area contributed by atoms with Crippen molar-refractivity contribution in [3.05, 3.63) is 29.8 Å². The summed E-state index contributed by atoms with van der Waals surface area (Å²) < 4.78 is 4.90. The van der Waals surface area contributed by atoms with Gasteiger partial charge >= 0.3 is 5.97 Å². The van der Waals surface area contributed by atoms with Gasteiger partial charge in [-0.15, -0.1) is 11.8 Å². The van der Waals surface area contributed by atoms with Crippen molar-refractivity contribution >= 4 is 17.7 Å². The average Bonchev–Trinajstić information content (AvgIpc) is 2.29. The Morgan fingerprint density at radius 2 is 1.94 bits per heavy atom. The quantitative estimate of drug-likeness (QED) is 0.793. The fourth-order valence-corrected chi connectivity index (χ4v) is 2.33. The van der Waals surface area contributed by atoms with Crippen molar-refractivity contribution in [3.63, 3.8) is 0 Å². The zero-order valence-corrected chi connectivity index (χ0v) is 11.2.